The van der Waals surface area contributed by atoms with E-state index in [1.807, 2.05) is 0 Å². The molecule has 0 unspecified atom stereocenters. The standard InChI is InChI=1S/C22H16F2N2O4/c1-12-15-5-4-14(29-21-17(23)3-2-7-26-21)10-19(15)30-22(28)16(12)9-13-6-8-25-18(11-27)20(13)24/h2-8,10,27H,9,11H2,1H3. The van der Waals surface area contributed by atoms with Crippen LogP contribution in [0.5, 0.6) is 11.6 Å². The van der Waals surface area contributed by atoms with E-state index in [9.17, 15) is 18.7 Å². The van der Waals surface area contributed by atoms with Gasteiger partial charge in [0.25, 0.3) is 5.88 Å². The Labute approximate surface area is 169 Å². The van der Waals surface area contributed by atoms with E-state index < -0.39 is 23.9 Å². The molecule has 6 nitrogen and oxygen atoms in total. The van der Waals surface area contributed by atoms with Crippen LogP contribution in [0.25, 0.3) is 11.0 Å². The first kappa shape index (κ1) is 19.7. The summed E-state index contributed by atoms with van der Waals surface area (Å²) in [4.78, 5) is 20.2. The fourth-order valence-electron chi connectivity index (χ4n) is 3.17. The van der Waals surface area contributed by atoms with Gasteiger partial charge in [-0.15, -0.1) is 0 Å². The van der Waals surface area contributed by atoms with Crippen LogP contribution in [0, 0.1) is 18.6 Å². The summed E-state index contributed by atoms with van der Waals surface area (Å²) in [6.45, 7) is 1.20. The second-order valence-electron chi connectivity index (χ2n) is 6.61. The van der Waals surface area contributed by atoms with Crippen molar-refractivity contribution >= 4 is 11.0 Å². The predicted molar refractivity (Wildman–Crippen MR) is 104 cm³/mol. The number of pyridine rings is 2. The number of halogens is 2. The van der Waals surface area contributed by atoms with Crippen LogP contribution in [0.15, 0.2) is 58.0 Å². The Kier molecular flexibility index (Phi) is 5.24. The van der Waals surface area contributed by atoms with Crippen molar-refractivity contribution in [3.63, 3.8) is 0 Å². The highest BCUT2D eigenvalue weighted by Gasteiger charge is 2.17. The fourth-order valence-corrected chi connectivity index (χ4v) is 3.17. The number of aromatic nitrogens is 2. The molecule has 0 atom stereocenters. The van der Waals surface area contributed by atoms with Gasteiger partial charge >= 0.3 is 5.63 Å². The highest BCUT2D eigenvalue weighted by Crippen LogP contribution is 2.28. The van der Waals surface area contributed by atoms with Gasteiger partial charge in [-0.1, -0.05) is 0 Å². The van der Waals surface area contributed by atoms with Crippen molar-refractivity contribution in [2.24, 2.45) is 0 Å². The summed E-state index contributed by atoms with van der Waals surface area (Å²) in [6.07, 6.45) is 2.77. The zero-order valence-electron chi connectivity index (χ0n) is 15.9. The summed E-state index contributed by atoms with van der Waals surface area (Å²) >= 11 is 0. The van der Waals surface area contributed by atoms with Gasteiger partial charge in [0.15, 0.2) is 11.6 Å². The minimum absolute atomic E-state index is 0.0111. The van der Waals surface area contributed by atoms with E-state index in [1.165, 1.54) is 36.7 Å². The van der Waals surface area contributed by atoms with Crippen molar-refractivity contribution < 1.29 is 23.0 Å². The molecule has 152 valence electrons. The van der Waals surface area contributed by atoms with Crippen molar-refractivity contribution in [3.05, 3.63) is 93.2 Å². The Morgan fingerprint density at radius 2 is 1.97 bits per heavy atom. The number of hydrogen-bond acceptors (Lipinski definition) is 6. The van der Waals surface area contributed by atoms with Crippen molar-refractivity contribution in [2.45, 2.75) is 20.0 Å². The molecule has 0 aliphatic carbocycles. The predicted octanol–water partition coefficient (Wildman–Crippen LogP) is 4.05. The molecule has 3 aromatic heterocycles. The average molecular weight is 410 g/mol. The van der Waals surface area contributed by atoms with Gasteiger partial charge in [0.1, 0.15) is 17.0 Å². The third kappa shape index (κ3) is 3.65. The molecule has 0 saturated carbocycles. The molecule has 0 radical (unpaired) electrons. The lowest BCUT2D eigenvalue weighted by Crippen LogP contribution is -2.12. The number of hydrogen-bond donors (Lipinski definition) is 1. The summed E-state index contributed by atoms with van der Waals surface area (Å²) in [5, 5.41) is 9.82. The minimum Gasteiger partial charge on any atom is -0.436 e. The van der Waals surface area contributed by atoms with Gasteiger partial charge in [0, 0.05) is 35.8 Å². The fraction of sp³-hybridized carbons (Fsp3) is 0.136. The quantitative estimate of drug-likeness (QED) is 0.500. The molecule has 4 aromatic rings. The molecule has 1 aromatic carbocycles. The number of nitrogens with zero attached hydrogens (tertiary/aromatic N) is 2. The highest BCUT2D eigenvalue weighted by atomic mass is 19.1. The van der Waals surface area contributed by atoms with Crippen LogP contribution in [0.2, 0.25) is 0 Å². The largest absolute Gasteiger partial charge is 0.436 e. The number of benzene rings is 1. The van der Waals surface area contributed by atoms with Gasteiger partial charge in [-0.25, -0.2) is 18.6 Å². The average Bonchev–Trinajstić information content (AvgIpc) is 2.73. The van der Waals surface area contributed by atoms with Gasteiger partial charge in [0.05, 0.1) is 6.61 Å². The Morgan fingerprint density at radius 3 is 2.73 bits per heavy atom. The second kappa shape index (κ2) is 8.00. The maximum atomic E-state index is 14.4. The Morgan fingerprint density at radius 1 is 1.13 bits per heavy atom. The van der Waals surface area contributed by atoms with Crippen molar-refractivity contribution in [1.29, 1.82) is 0 Å². The molecule has 0 aliphatic heterocycles. The van der Waals surface area contributed by atoms with Crippen LogP contribution in [0.4, 0.5) is 8.78 Å². The Balaban J connectivity index is 1.72. The van der Waals surface area contributed by atoms with Crippen LogP contribution in [-0.4, -0.2) is 15.1 Å². The summed E-state index contributed by atoms with van der Waals surface area (Å²) in [6, 6.07) is 8.87. The highest BCUT2D eigenvalue weighted by molar-refractivity contribution is 5.82. The molecule has 8 heteroatoms. The maximum absolute atomic E-state index is 14.4. The molecular formula is C22H16F2N2O4. The molecule has 0 saturated heterocycles. The smallest absolute Gasteiger partial charge is 0.340 e. The van der Waals surface area contributed by atoms with Crippen LogP contribution in [0.1, 0.15) is 22.4 Å². The first-order valence-corrected chi connectivity index (χ1v) is 9.05. The van der Waals surface area contributed by atoms with E-state index in [4.69, 9.17) is 9.15 Å². The number of rotatable bonds is 5. The number of aryl methyl sites for hydroxylation is 1. The van der Waals surface area contributed by atoms with Crippen molar-refractivity contribution in [1.82, 2.24) is 9.97 Å². The topological polar surface area (TPSA) is 85.5 Å². The molecule has 3 heterocycles. The van der Waals surface area contributed by atoms with E-state index in [0.29, 0.717) is 16.5 Å². The molecule has 1 N–H and O–H groups in total. The van der Waals surface area contributed by atoms with E-state index in [0.717, 1.165) is 0 Å². The zero-order chi connectivity index (χ0) is 21.3. The first-order chi connectivity index (χ1) is 14.5. The van der Waals surface area contributed by atoms with Gasteiger partial charge in [-0.05, 0) is 48.4 Å². The lowest BCUT2D eigenvalue weighted by molar-refractivity contribution is 0.269. The van der Waals surface area contributed by atoms with Crippen LogP contribution >= 0.6 is 0 Å². The maximum Gasteiger partial charge on any atom is 0.340 e. The van der Waals surface area contributed by atoms with E-state index in [1.54, 1.807) is 19.1 Å². The number of fused-ring (bicyclic) bond motifs is 1. The Bertz CT molecular complexity index is 1300. The second-order valence-corrected chi connectivity index (χ2v) is 6.61. The summed E-state index contributed by atoms with van der Waals surface area (Å²) in [5.74, 6) is -1.21. The summed E-state index contributed by atoms with van der Waals surface area (Å²) < 4.78 is 39.0. The van der Waals surface area contributed by atoms with Crippen LogP contribution in [0.3, 0.4) is 0 Å². The molecule has 0 spiro atoms. The third-order valence-corrected chi connectivity index (χ3v) is 4.76. The number of aliphatic hydroxyl groups is 1. The molecular weight excluding hydrogens is 394 g/mol. The van der Waals surface area contributed by atoms with E-state index in [2.05, 4.69) is 9.97 Å². The summed E-state index contributed by atoms with van der Waals surface area (Å²) in [5.41, 5.74) is 0.692. The van der Waals surface area contributed by atoms with Crippen LogP contribution < -0.4 is 10.4 Å². The van der Waals surface area contributed by atoms with Gasteiger partial charge in [-0.3, -0.25) is 4.98 Å². The molecule has 0 fully saturated rings. The lowest BCUT2D eigenvalue weighted by Gasteiger charge is -2.11. The van der Waals surface area contributed by atoms with Gasteiger partial charge < -0.3 is 14.3 Å². The van der Waals surface area contributed by atoms with Gasteiger partial charge in [-0.2, -0.15) is 0 Å². The van der Waals surface area contributed by atoms with Gasteiger partial charge in [0.2, 0.25) is 0 Å². The normalized spacial score (nSPS) is 11.1. The molecule has 30 heavy (non-hydrogen) atoms. The molecule has 0 aliphatic rings. The third-order valence-electron chi connectivity index (χ3n) is 4.76. The van der Waals surface area contributed by atoms with E-state index >= 15 is 0 Å². The van der Waals surface area contributed by atoms with Crippen molar-refractivity contribution in [2.75, 3.05) is 0 Å². The number of ether oxygens (including phenoxy) is 1. The molecule has 0 bridgehead atoms. The summed E-state index contributed by atoms with van der Waals surface area (Å²) in [7, 11) is 0. The Hall–Kier alpha value is -3.65. The van der Waals surface area contributed by atoms with Crippen molar-refractivity contribution in [3.8, 4) is 11.6 Å². The lowest BCUT2D eigenvalue weighted by atomic mass is 9.99. The molecule has 4 rings (SSSR count). The minimum atomic E-state index is -0.653. The SMILES string of the molecule is Cc1c(Cc2ccnc(CO)c2F)c(=O)oc2cc(Oc3ncccc3F)ccc12. The first-order valence-electron chi connectivity index (χ1n) is 9.05. The molecule has 0 amide bonds. The van der Waals surface area contributed by atoms with Crippen LogP contribution in [-0.2, 0) is 13.0 Å². The number of aliphatic hydroxyl groups excluding tert-OH is 1. The zero-order valence-corrected chi connectivity index (χ0v) is 15.9. The van der Waals surface area contributed by atoms with E-state index in [-0.39, 0.29) is 34.9 Å². The monoisotopic (exact) mass is 410 g/mol.